The van der Waals surface area contributed by atoms with Gasteiger partial charge in [0.05, 0.1) is 32.3 Å². The number of hydrogen-bond donors (Lipinski definition) is 1. The molecule has 9 nitrogen and oxygen atoms in total. The van der Waals surface area contributed by atoms with Crippen molar-refractivity contribution >= 4 is 23.7 Å². The number of ketones is 1. The molecule has 3 rings (SSSR count). The van der Waals surface area contributed by atoms with E-state index in [1.165, 1.54) is 25.3 Å². The van der Waals surface area contributed by atoms with E-state index in [0.29, 0.717) is 22.6 Å². The van der Waals surface area contributed by atoms with Crippen LogP contribution in [0.25, 0.3) is 6.08 Å². The lowest BCUT2D eigenvalue weighted by molar-refractivity contribution is -0.304. The Kier molecular flexibility index (Phi) is 6.21. The number of benzene rings is 2. The smallest absolute Gasteiger partial charge is 0.258 e. The topological polar surface area (TPSA) is 123 Å². The van der Waals surface area contributed by atoms with Crippen molar-refractivity contribution in [2.75, 3.05) is 27.4 Å². The van der Waals surface area contributed by atoms with Crippen molar-refractivity contribution in [3.8, 4) is 23.0 Å². The van der Waals surface area contributed by atoms with Gasteiger partial charge in [-0.3, -0.25) is 9.59 Å². The first-order valence-corrected chi connectivity index (χ1v) is 8.81. The zero-order chi connectivity index (χ0) is 21.7. The zero-order valence-electron chi connectivity index (χ0n) is 16.2. The summed E-state index contributed by atoms with van der Waals surface area (Å²) in [6, 6.07) is 9.69. The quantitative estimate of drug-likeness (QED) is 0.624. The Morgan fingerprint density at radius 1 is 1.10 bits per heavy atom. The van der Waals surface area contributed by atoms with Crippen molar-refractivity contribution in [2.24, 2.45) is 0 Å². The minimum atomic E-state index is -1.40. The predicted octanol–water partition coefficient (Wildman–Crippen LogP) is 0.565. The molecular weight excluding hydrogens is 394 g/mol. The summed E-state index contributed by atoms with van der Waals surface area (Å²) < 4.78 is 21.5. The summed E-state index contributed by atoms with van der Waals surface area (Å²) in [6.07, 6.45) is 1.56. The zero-order valence-corrected chi connectivity index (χ0v) is 16.2. The third-order valence-electron chi connectivity index (χ3n) is 4.17. The van der Waals surface area contributed by atoms with Gasteiger partial charge in [-0.2, -0.15) is 0 Å². The molecule has 0 aliphatic carbocycles. The van der Waals surface area contributed by atoms with Crippen LogP contribution in [-0.4, -0.2) is 45.0 Å². The molecule has 0 radical (unpaired) electrons. The molecule has 1 amide bonds. The number of amides is 1. The molecule has 0 unspecified atom stereocenters. The van der Waals surface area contributed by atoms with E-state index >= 15 is 0 Å². The Balaban J connectivity index is 1.73. The number of methoxy groups -OCH3 is 2. The number of Topliss-reactive ketones (excluding diaryl/α,β-unsaturated/α-hetero) is 1. The van der Waals surface area contributed by atoms with Crippen molar-refractivity contribution in [1.29, 1.82) is 0 Å². The molecule has 9 heteroatoms. The lowest BCUT2D eigenvalue weighted by Gasteiger charge is -2.09. The summed E-state index contributed by atoms with van der Waals surface area (Å²) in [7, 11) is 3.05. The minimum absolute atomic E-state index is 0.109. The van der Waals surface area contributed by atoms with Crippen LogP contribution in [0.4, 0.5) is 0 Å². The van der Waals surface area contributed by atoms with Gasteiger partial charge in [0.2, 0.25) is 5.78 Å². The molecule has 2 aromatic rings. The Bertz CT molecular complexity index is 1030. The number of hydrogen-bond acceptors (Lipinski definition) is 8. The van der Waals surface area contributed by atoms with E-state index < -0.39 is 25.0 Å². The fraction of sp³-hybridized carbons (Fsp3) is 0.190. The number of fused-ring (bicyclic) bond motifs is 1. The van der Waals surface area contributed by atoms with Gasteiger partial charge in [-0.15, -0.1) is 0 Å². The van der Waals surface area contributed by atoms with Gasteiger partial charge in [-0.05, 0) is 30.3 Å². The molecule has 0 saturated carbocycles. The van der Waals surface area contributed by atoms with Crippen LogP contribution in [-0.2, 0) is 9.59 Å². The highest BCUT2D eigenvalue weighted by molar-refractivity contribution is 6.14. The molecular formula is C21H18NO8-. The molecule has 0 aromatic heterocycles. The SMILES string of the molecule is COc1ccc(/C=C2\Oc3cc(OCC(=O)NCC(=O)[O-])ccc3C2=O)c(OC)c1. The molecule has 1 N–H and O–H groups in total. The Morgan fingerprint density at radius 3 is 2.57 bits per heavy atom. The number of carboxylic acid groups (broad SMARTS) is 1. The first-order valence-electron chi connectivity index (χ1n) is 8.81. The molecule has 0 atom stereocenters. The molecule has 0 bridgehead atoms. The number of ether oxygens (including phenoxy) is 4. The van der Waals surface area contributed by atoms with E-state index in [0.717, 1.165) is 0 Å². The van der Waals surface area contributed by atoms with Crippen molar-refractivity contribution in [3.63, 3.8) is 0 Å². The van der Waals surface area contributed by atoms with Crippen LogP contribution in [0.15, 0.2) is 42.2 Å². The monoisotopic (exact) mass is 412 g/mol. The molecule has 1 heterocycles. The van der Waals surface area contributed by atoms with Crippen LogP contribution in [0.5, 0.6) is 23.0 Å². The van der Waals surface area contributed by atoms with Gasteiger partial charge in [0.15, 0.2) is 12.4 Å². The highest BCUT2D eigenvalue weighted by Crippen LogP contribution is 2.36. The lowest BCUT2D eigenvalue weighted by atomic mass is 10.1. The summed E-state index contributed by atoms with van der Waals surface area (Å²) in [5.41, 5.74) is 0.984. The van der Waals surface area contributed by atoms with Crippen molar-refractivity contribution in [1.82, 2.24) is 5.32 Å². The molecule has 0 fully saturated rings. The fourth-order valence-corrected chi connectivity index (χ4v) is 2.71. The summed E-state index contributed by atoms with van der Waals surface area (Å²) in [4.78, 5) is 34.5. The first-order chi connectivity index (χ1) is 14.4. The average Bonchev–Trinajstić information content (AvgIpc) is 3.05. The van der Waals surface area contributed by atoms with E-state index in [1.807, 2.05) is 0 Å². The van der Waals surface area contributed by atoms with E-state index in [4.69, 9.17) is 18.9 Å². The number of allylic oxidation sites excluding steroid dienone is 1. The number of carbonyl (C=O) groups excluding carboxylic acids is 3. The van der Waals surface area contributed by atoms with Crippen LogP contribution >= 0.6 is 0 Å². The van der Waals surface area contributed by atoms with Gasteiger partial charge < -0.3 is 34.2 Å². The third kappa shape index (κ3) is 4.69. The van der Waals surface area contributed by atoms with E-state index in [1.54, 1.807) is 31.4 Å². The second kappa shape index (κ2) is 8.99. The van der Waals surface area contributed by atoms with Gasteiger partial charge in [-0.1, -0.05) is 0 Å². The van der Waals surface area contributed by atoms with Gasteiger partial charge in [-0.25, -0.2) is 0 Å². The maximum atomic E-state index is 12.6. The molecule has 1 aliphatic rings. The van der Waals surface area contributed by atoms with Gasteiger partial charge in [0, 0.05) is 17.7 Å². The highest BCUT2D eigenvalue weighted by atomic mass is 16.5. The highest BCUT2D eigenvalue weighted by Gasteiger charge is 2.28. The molecule has 2 aromatic carbocycles. The maximum absolute atomic E-state index is 12.6. The Morgan fingerprint density at radius 2 is 1.87 bits per heavy atom. The van der Waals surface area contributed by atoms with Crippen molar-refractivity contribution < 1.29 is 38.4 Å². The maximum Gasteiger partial charge on any atom is 0.258 e. The van der Waals surface area contributed by atoms with Crippen LogP contribution < -0.4 is 29.4 Å². The average molecular weight is 412 g/mol. The first kappa shape index (κ1) is 20.7. The largest absolute Gasteiger partial charge is 0.548 e. The van der Waals surface area contributed by atoms with Crippen LogP contribution in [0, 0.1) is 0 Å². The number of rotatable bonds is 8. The van der Waals surface area contributed by atoms with Crippen molar-refractivity contribution in [3.05, 3.63) is 53.3 Å². The van der Waals surface area contributed by atoms with Crippen LogP contribution in [0.1, 0.15) is 15.9 Å². The second-order valence-corrected chi connectivity index (χ2v) is 6.14. The normalized spacial score (nSPS) is 13.4. The number of aliphatic carboxylic acids is 1. The summed E-state index contributed by atoms with van der Waals surface area (Å²) in [6.45, 7) is -1.00. The fourth-order valence-electron chi connectivity index (χ4n) is 2.71. The number of carboxylic acids is 1. The summed E-state index contributed by atoms with van der Waals surface area (Å²) in [5.74, 6) is -0.523. The predicted molar refractivity (Wildman–Crippen MR) is 102 cm³/mol. The standard InChI is InChI=1S/C21H19NO8/c1-27-13-4-3-12(16(8-13)28-2)7-18-21(26)15-6-5-14(9-17(15)30-18)29-11-19(23)22-10-20(24)25/h3-9H,10-11H2,1-2H3,(H,22,23)(H,24,25)/p-1/b18-7-. The van der Waals surface area contributed by atoms with Gasteiger partial charge in [0.1, 0.15) is 23.0 Å². The molecule has 30 heavy (non-hydrogen) atoms. The second-order valence-electron chi connectivity index (χ2n) is 6.14. The number of nitrogens with one attached hydrogen (secondary N) is 1. The van der Waals surface area contributed by atoms with E-state index in [2.05, 4.69) is 5.32 Å². The van der Waals surface area contributed by atoms with Gasteiger partial charge in [0.25, 0.3) is 5.91 Å². The third-order valence-corrected chi connectivity index (χ3v) is 4.17. The summed E-state index contributed by atoms with van der Waals surface area (Å²) >= 11 is 0. The molecule has 156 valence electrons. The molecule has 0 saturated heterocycles. The van der Waals surface area contributed by atoms with Crippen LogP contribution in [0.3, 0.4) is 0 Å². The van der Waals surface area contributed by atoms with Crippen LogP contribution in [0.2, 0.25) is 0 Å². The Labute approximate surface area is 171 Å². The number of carbonyl (C=O) groups is 3. The van der Waals surface area contributed by atoms with Gasteiger partial charge >= 0.3 is 0 Å². The molecule has 1 aliphatic heterocycles. The Hall–Kier alpha value is -4.01. The molecule has 0 spiro atoms. The minimum Gasteiger partial charge on any atom is -0.548 e. The van der Waals surface area contributed by atoms with E-state index in [9.17, 15) is 19.5 Å². The summed E-state index contributed by atoms with van der Waals surface area (Å²) in [5, 5.41) is 12.5. The van der Waals surface area contributed by atoms with E-state index in [-0.39, 0.29) is 23.0 Å². The lowest BCUT2D eigenvalue weighted by Crippen LogP contribution is -2.39. The van der Waals surface area contributed by atoms with Crippen molar-refractivity contribution in [2.45, 2.75) is 0 Å².